The second-order valence-corrected chi connectivity index (χ2v) is 22.0. The van der Waals surface area contributed by atoms with E-state index in [1.807, 2.05) is 0 Å². The summed E-state index contributed by atoms with van der Waals surface area (Å²) in [6.07, 6.45) is 0. The maximum Gasteiger partial charge on any atom is 0.0755 e. The van der Waals surface area contributed by atoms with Gasteiger partial charge in [-0.3, -0.25) is 0 Å². The molecule has 3 heterocycles. The van der Waals surface area contributed by atoms with E-state index in [0.29, 0.717) is 0 Å². The molecule has 1 aliphatic carbocycles. The van der Waals surface area contributed by atoms with Crippen molar-refractivity contribution < 1.29 is 0 Å². The van der Waals surface area contributed by atoms with Crippen LogP contribution in [0.25, 0.3) is 111 Å². The summed E-state index contributed by atoms with van der Waals surface area (Å²) in [5.41, 5.74) is 26.8. The first kappa shape index (κ1) is 46.2. The molecule has 1 spiro atoms. The number of aromatic nitrogens is 2. The molecule has 3 heteroatoms. The van der Waals surface area contributed by atoms with Crippen molar-refractivity contribution in [1.29, 1.82) is 0 Å². The van der Waals surface area contributed by atoms with Crippen LogP contribution >= 0.6 is 0 Å². The normalized spacial score (nSPS) is 13.0. The molecule has 0 N–H and O–H groups in total. The molecule has 82 heavy (non-hydrogen) atoms. The summed E-state index contributed by atoms with van der Waals surface area (Å²) in [6, 6.07) is 115. The lowest BCUT2D eigenvalue weighted by Gasteiger charge is -2.45. The quantitative estimate of drug-likeness (QED) is 0.155. The van der Waals surface area contributed by atoms with E-state index in [4.69, 9.17) is 0 Å². The molecule has 0 amide bonds. The van der Waals surface area contributed by atoms with Crippen molar-refractivity contribution in [2.75, 3.05) is 4.90 Å². The molecule has 0 saturated carbocycles. The molecule has 15 aromatic rings. The molecule has 382 valence electrons. The second kappa shape index (κ2) is 18.2. The van der Waals surface area contributed by atoms with Crippen LogP contribution in [0.4, 0.5) is 17.1 Å². The van der Waals surface area contributed by atoms with E-state index < -0.39 is 5.41 Å². The second-order valence-electron chi connectivity index (χ2n) is 22.0. The lowest BCUT2D eigenvalue weighted by atomic mass is 9.64. The van der Waals surface area contributed by atoms with Gasteiger partial charge in [0.2, 0.25) is 0 Å². The third-order valence-corrected chi connectivity index (χ3v) is 17.6. The van der Waals surface area contributed by atoms with Crippen LogP contribution in [0, 0.1) is 0 Å². The van der Waals surface area contributed by atoms with Gasteiger partial charge in [0.1, 0.15) is 0 Å². The zero-order chi connectivity index (χ0) is 53.9. The van der Waals surface area contributed by atoms with Gasteiger partial charge in [-0.25, -0.2) is 0 Å². The van der Waals surface area contributed by atoms with Gasteiger partial charge < -0.3 is 14.0 Å². The van der Waals surface area contributed by atoms with E-state index in [1.165, 1.54) is 133 Å². The van der Waals surface area contributed by atoms with Crippen LogP contribution in [0.5, 0.6) is 0 Å². The van der Waals surface area contributed by atoms with E-state index >= 15 is 0 Å². The van der Waals surface area contributed by atoms with E-state index in [2.05, 4.69) is 323 Å². The monoisotopic (exact) mass is 1040 g/mol. The largest absolute Gasteiger partial charge is 0.310 e. The Morgan fingerprint density at radius 2 is 0.549 bits per heavy atom. The SMILES string of the molecule is c1ccc(-c2cccc(-c3cccc(-n4c5ccccc5c5cc6c(cc54)C4(c5cc7c(cc5-6)c5ccccc5n7-c5cccc(-c6cccc(-c7ccccc7)c6)c5)c5ccccc5N(c5ccccc5)c5ccccc54)c3)c2)cc1. The van der Waals surface area contributed by atoms with Gasteiger partial charge in [0, 0.05) is 38.6 Å². The lowest BCUT2D eigenvalue weighted by Crippen LogP contribution is -2.36. The number of rotatable bonds is 7. The Hall–Kier alpha value is -10.7. The molecular formula is C79H51N3. The summed E-state index contributed by atoms with van der Waals surface area (Å²) < 4.78 is 5.03. The minimum atomic E-state index is -0.729. The highest BCUT2D eigenvalue weighted by atomic mass is 15.2. The number of para-hydroxylation sites is 5. The highest BCUT2D eigenvalue weighted by Crippen LogP contribution is 2.65. The third kappa shape index (κ3) is 6.84. The summed E-state index contributed by atoms with van der Waals surface area (Å²) in [7, 11) is 0. The smallest absolute Gasteiger partial charge is 0.0755 e. The maximum absolute atomic E-state index is 2.57. The van der Waals surface area contributed by atoms with E-state index in [0.717, 1.165) is 17.1 Å². The molecule has 2 aliphatic rings. The first-order valence-electron chi connectivity index (χ1n) is 28.4. The molecule has 0 radical (unpaired) electrons. The molecule has 0 bridgehead atoms. The van der Waals surface area contributed by atoms with Gasteiger partial charge in [-0.2, -0.15) is 0 Å². The molecule has 0 atom stereocenters. The van der Waals surface area contributed by atoms with Crippen LogP contribution in [0.1, 0.15) is 22.3 Å². The van der Waals surface area contributed by atoms with Gasteiger partial charge in [0.25, 0.3) is 0 Å². The van der Waals surface area contributed by atoms with Crippen molar-refractivity contribution in [2.45, 2.75) is 5.41 Å². The van der Waals surface area contributed by atoms with Crippen LogP contribution in [0.15, 0.2) is 309 Å². The standard InChI is InChI=1S/C79H51N3/c1-4-22-52(23-5-1)54-26-18-28-56(44-54)58-30-20-34-61(46-58)81-73-40-14-10-36-63(73)67-48-65-66-49-68-64-37-11-15-41-74(64)82(62-35-21-31-59(47-62)57-29-19-27-55(45-57)53-24-6-2-7-25-53)78(68)51-72(66)79(71(65)50-77(67)81)69-38-12-16-42-75(69)80(60-32-8-3-9-33-60)76-43-17-13-39-70(76)79/h1-51H. The van der Waals surface area contributed by atoms with Crippen LogP contribution in [-0.4, -0.2) is 9.13 Å². The lowest BCUT2D eigenvalue weighted by molar-refractivity contribution is 0.754. The molecule has 13 aromatic carbocycles. The highest BCUT2D eigenvalue weighted by Gasteiger charge is 2.52. The summed E-state index contributed by atoms with van der Waals surface area (Å²) in [4.78, 5) is 2.48. The molecule has 0 saturated heterocycles. The minimum Gasteiger partial charge on any atom is -0.310 e. The van der Waals surface area contributed by atoms with Gasteiger partial charge in [-0.15, -0.1) is 0 Å². The summed E-state index contributed by atoms with van der Waals surface area (Å²) >= 11 is 0. The number of nitrogens with zero attached hydrogens (tertiary/aromatic N) is 3. The zero-order valence-electron chi connectivity index (χ0n) is 44.8. The number of hydrogen-bond donors (Lipinski definition) is 0. The third-order valence-electron chi connectivity index (χ3n) is 17.6. The van der Waals surface area contributed by atoms with Crippen molar-refractivity contribution in [3.8, 4) is 67.0 Å². The molecule has 2 aromatic heterocycles. The average Bonchev–Trinajstić information content (AvgIpc) is 1.53. The fourth-order valence-electron chi connectivity index (χ4n) is 14.1. The predicted octanol–water partition coefficient (Wildman–Crippen LogP) is 20.7. The van der Waals surface area contributed by atoms with Crippen molar-refractivity contribution in [3.05, 3.63) is 332 Å². The summed E-state index contributed by atoms with van der Waals surface area (Å²) in [5, 5.41) is 4.91. The fourth-order valence-corrected chi connectivity index (χ4v) is 14.1. The average molecular weight is 1040 g/mol. The van der Waals surface area contributed by atoms with Crippen LogP contribution in [0.3, 0.4) is 0 Å². The first-order valence-corrected chi connectivity index (χ1v) is 28.4. The van der Waals surface area contributed by atoms with Crippen LogP contribution in [0.2, 0.25) is 0 Å². The minimum absolute atomic E-state index is 0.729. The van der Waals surface area contributed by atoms with E-state index in [1.54, 1.807) is 0 Å². The number of fused-ring (bicyclic) bond motifs is 15. The molecular weight excluding hydrogens is 991 g/mol. The molecule has 0 unspecified atom stereocenters. The first-order chi connectivity index (χ1) is 40.7. The molecule has 0 fully saturated rings. The highest BCUT2D eigenvalue weighted by molar-refractivity contribution is 6.16. The molecule has 3 nitrogen and oxygen atoms in total. The van der Waals surface area contributed by atoms with Gasteiger partial charge in [0.15, 0.2) is 0 Å². The Labute approximate surface area is 476 Å². The van der Waals surface area contributed by atoms with E-state index in [9.17, 15) is 0 Å². The Bertz CT molecular complexity index is 4750. The van der Waals surface area contributed by atoms with Gasteiger partial charge in [-0.1, -0.05) is 212 Å². The van der Waals surface area contributed by atoms with Gasteiger partial charge >= 0.3 is 0 Å². The zero-order valence-corrected chi connectivity index (χ0v) is 44.8. The van der Waals surface area contributed by atoms with Crippen molar-refractivity contribution >= 4 is 60.7 Å². The van der Waals surface area contributed by atoms with Gasteiger partial charge in [-0.05, 0) is 175 Å². The predicted molar refractivity (Wildman–Crippen MR) is 342 cm³/mol. The maximum atomic E-state index is 2.57. The molecule has 17 rings (SSSR count). The molecule has 1 aliphatic heterocycles. The number of benzene rings is 13. The van der Waals surface area contributed by atoms with Crippen LogP contribution in [-0.2, 0) is 5.41 Å². The Kier molecular flexibility index (Phi) is 10.2. The van der Waals surface area contributed by atoms with Gasteiger partial charge in [0.05, 0.1) is 38.9 Å². The Morgan fingerprint density at radius 3 is 1.01 bits per heavy atom. The van der Waals surface area contributed by atoms with Crippen LogP contribution < -0.4 is 4.90 Å². The van der Waals surface area contributed by atoms with E-state index in [-0.39, 0.29) is 0 Å². The fraction of sp³-hybridized carbons (Fsp3) is 0.0127. The van der Waals surface area contributed by atoms with Crippen molar-refractivity contribution in [1.82, 2.24) is 9.13 Å². The Morgan fingerprint density at radius 1 is 0.207 bits per heavy atom. The summed E-state index contributed by atoms with van der Waals surface area (Å²) in [6.45, 7) is 0. The number of hydrogen-bond acceptors (Lipinski definition) is 1. The Balaban J connectivity index is 0.940. The van der Waals surface area contributed by atoms with Crippen molar-refractivity contribution in [3.63, 3.8) is 0 Å². The van der Waals surface area contributed by atoms with Crippen molar-refractivity contribution in [2.24, 2.45) is 0 Å². The topological polar surface area (TPSA) is 13.1 Å². The summed E-state index contributed by atoms with van der Waals surface area (Å²) in [5.74, 6) is 0. The number of anilines is 3.